The number of hydrogen-bond donors (Lipinski definition) is 1. The molecule has 0 bridgehead atoms. The van der Waals surface area contributed by atoms with E-state index in [1.54, 1.807) is 24.0 Å². The zero-order valence-electron chi connectivity index (χ0n) is 17.1. The number of aryl methyl sites for hydroxylation is 1. The Bertz CT molecular complexity index is 978. The second-order valence-corrected chi connectivity index (χ2v) is 7.88. The van der Waals surface area contributed by atoms with E-state index in [9.17, 15) is 14.0 Å². The molecule has 30 heavy (non-hydrogen) atoms. The Morgan fingerprint density at radius 1 is 1.13 bits per heavy atom. The maximum Gasteiger partial charge on any atom is 0.231 e. The van der Waals surface area contributed by atoms with Gasteiger partial charge in [-0.25, -0.2) is 4.39 Å². The van der Waals surface area contributed by atoms with Crippen molar-refractivity contribution in [3.05, 3.63) is 58.9 Å². The van der Waals surface area contributed by atoms with Gasteiger partial charge in [0.15, 0.2) is 11.5 Å². The van der Waals surface area contributed by atoms with Gasteiger partial charge in [0.25, 0.3) is 0 Å². The largest absolute Gasteiger partial charge is 0.454 e. The van der Waals surface area contributed by atoms with Crippen LogP contribution in [0.15, 0.2) is 36.4 Å². The predicted molar refractivity (Wildman–Crippen MR) is 108 cm³/mol. The molecule has 6 nitrogen and oxygen atoms in total. The number of fused-ring (bicyclic) bond motifs is 1. The SMILES string of the molecule is CC(=O)N1CC(C(=O)NCc2ccc3c(c2)OCO3)CCC1c1ccc(F)c(C)c1. The van der Waals surface area contributed by atoms with Crippen molar-refractivity contribution in [3.63, 3.8) is 0 Å². The number of carbonyl (C=O) groups excluding carboxylic acids is 2. The third kappa shape index (κ3) is 4.10. The molecule has 2 aliphatic rings. The smallest absolute Gasteiger partial charge is 0.231 e. The number of nitrogens with one attached hydrogen (secondary N) is 1. The zero-order valence-corrected chi connectivity index (χ0v) is 17.1. The maximum absolute atomic E-state index is 13.6. The van der Waals surface area contributed by atoms with Crippen LogP contribution >= 0.6 is 0 Å². The van der Waals surface area contributed by atoms with Gasteiger partial charge < -0.3 is 19.7 Å². The van der Waals surface area contributed by atoms with Crippen molar-refractivity contribution in [1.29, 1.82) is 0 Å². The van der Waals surface area contributed by atoms with Gasteiger partial charge in [-0.1, -0.05) is 18.2 Å². The lowest BCUT2D eigenvalue weighted by molar-refractivity contribution is -0.137. The van der Waals surface area contributed by atoms with Gasteiger partial charge in [-0.15, -0.1) is 0 Å². The van der Waals surface area contributed by atoms with E-state index in [1.165, 1.54) is 13.0 Å². The zero-order chi connectivity index (χ0) is 21.3. The van der Waals surface area contributed by atoms with Gasteiger partial charge in [0.2, 0.25) is 18.6 Å². The van der Waals surface area contributed by atoms with Gasteiger partial charge in [-0.3, -0.25) is 9.59 Å². The minimum Gasteiger partial charge on any atom is -0.454 e. The molecule has 0 saturated carbocycles. The monoisotopic (exact) mass is 412 g/mol. The molecule has 0 spiro atoms. The third-order valence-electron chi connectivity index (χ3n) is 5.83. The first kappa shape index (κ1) is 20.2. The van der Waals surface area contributed by atoms with E-state index in [4.69, 9.17) is 9.47 Å². The predicted octanol–water partition coefficient (Wildman–Crippen LogP) is 3.48. The van der Waals surface area contributed by atoms with Crippen LogP contribution in [0.3, 0.4) is 0 Å². The molecule has 0 radical (unpaired) electrons. The first-order valence-electron chi connectivity index (χ1n) is 10.1. The number of amides is 2. The summed E-state index contributed by atoms with van der Waals surface area (Å²) in [5.41, 5.74) is 2.38. The molecule has 1 fully saturated rings. The van der Waals surface area contributed by atoms with E-state index >= 15 is 0 Å². The van der Waals surface area contributed by atoms with Gasteiger partial charge >= 0.3 is 0 Å². The summed E-state index contributed by atoms with van der Waals surface area (Å²) < 4.78 is 24.3. The normalized spacial score (nSPS) is 20.2. The molecule has 1 saturated heterocycles. The van der Waals surface area contributed by atoms with E-state index in [0.29, 0.717) is 43.0 Å². The summed E-state index contributed by atoms with van der Waals surface area (Å²) in [6, 6.07) is 10.4. The van der Waals surface area contributed by atoms with Crippen molar-refractivity contribution >= 4 is 11.8 Å². The average molecular weight is 412 g/mol. The number of carbonyl (C=O) groups is 2. The van der Waals surface area contributed by atoms with Crippen LogP contribution in [0.1, 0.15) is 42.5 Å². The Balaban J connectivity index is 1.40. The maximum atomic E-state index is 13.6. The fourth-order valence-corrected chi connectivity index (χ4v) is 4.14. The molecular weight excluding hydrogens is 387 g/mol. The third-order valence-corrected chi connectivity index (χ3v) is 5.83. The summed E-state index contributed by atoms with van der Waals surface area (Å²) in [5.74, 6) is 0.685. The van der Waals surface area contributed by atoms with E-state index in [0.717, 1.165) is 11.1 Å². The topological polar surface area (TPSA) is 67.9 Å². The Hall–Kier alpha value is -3.09. The Kier molecular flexibility index (Phi) is 5.61. The van der Waals surface area contributed by atoms with Crippen LogP contribution in [0.4, 0.5) is 4.39 Å². The summed E-state index contributed by atoms with van der Waals surface area (Å²) in [6.07, 6.45) is 1.32. The van der Waals surface area contributed by atoms with Crippen molar-refractivity contribution in [3.8, 4) is 11.5 Å². The van der Waals surface area contributed by atoms with Crippen LogP contribution in [-0.2, 0) is 16.1 Å². The number of rotatable bonds is 4. The molecule has 2 aromatic carbocycles. The molecule has 158 valence electrons. The van der Waals surface area contributed by atoms with Crippen LogP contribution in [0.25, 0.3) is 0 Å². The molecule has 2 atom stereocenters. The lowest BCUT2D eigenvalue weighted by Gasteiger charge is -2.39. The van der Waals surface area contributed by atoms with Crippen LogP contribution in [0.2, 0.25) is 0 Å². The highest BCUT2D eigenvalue weighted by Crippen LogP contribution is 2.35. The van der Waals surface area contributed by atoms with Crippen molar-refractivity contribution in [2.45, 2.75) is 39.3 Å². The number of halogens is 1. The molecule has 0 aromatic heterocycles. The minimum absolute atomic E-state index is 0.0762. The van der Waals surface area contributed by atoms with Crippen molar-refractivity contribution < 1.29 is 23.5 Å². The quantitative estimate of drug-likeness (QED) is 0.835. The minimum atomic E-state index is -0.277. The highest BCUT2D eigenvalue weighted by atomic mass is 19.1. The van der Waals surface area contributed by atoms with Crippen LogP contribution in [0.5, 0.6) is 11.5 Å². The second-order valence-electron chi connectivity index (χ2n) is 7.88. The fourth-order valence-electron chi connectivity index (χ4n) is 4.14. The van der Waals surface area contributed by atoms with Gasteiger partial charge in [0, 0.05) is 20.0 Å². The van der Waals surface area contributed by atoms with Gasteiger partial charge in [0.05, 0.1) is 12.0 Å². The van der Waals surface area contributed by atoms with Gasteiger partial charge in [-0.2, -0.15) is 0 Å². The molecule has 2 heterocycles. The summed E-state index contributed by atoms with van der Waals surface area (Å²) in [6.45, 7) is 4.17. The van der Waals surface area contributed by atoms with E-state index in [-0.39, 0.29) is 36.4 Å². The second kappa shape index (κ2) is 8.34. The Morgan fingerprint density at radius 2 is 1.93 bits per heavy atom. The lowest BCUT2D eigenvalue weighted by Crippen LogP contribution is -2.46. The number of hydrogen-bond acceptors (Lipinski definition) is 4. The van der Waals surface area contributed by atoms with Crippen molar-refractivity contribution in [2.24, 2.45) is 5.92 Å². The molecule has 2 unspecified atom stereocenters. The van der Waals surface area contributed by atoms with E-state index in [2.05, 4.69) is 5.32 Å². The molecule has 0 aliphatic carbocycles. The molecule has 2 amide bonds. The first-order chi connectivity index (χ1) is 14.4. The van der Waals surface area contributed by atoms with E-state index in [1.807, 2.05) is 18.2 Å². The molecule has 1 N–H and O–H groups in total. The van der Waals surface area contributed by atoms with Crippen LogP contribution in [0, 0.1) is 18.7 Å². The first-order valence-corrected chi connectivity index (χ1v) is 10.1. The summed E-state index contributed by atoms with van der Waals surface area (Å²) in [4.78, 5) is 26.8. The number of nitrogens with zero attached hydrogens (tertiary/aromatic N) is 1. The summed E-state index contributed by atoms with van der Waals surface area (Å²) in [7, 11) is 0. The molecule has 2 aromatic rings. The van der Waals surface area contributed by atoms with Crippen molar-refractivity contribution in [1.82, 2.24) is 10.2 Å². The number of likely N-dealkylation sites (tertiary alicyclic amines) is 1. The lowest BCUT2D eigenvalue weighted by atomic mass is 9.88. The summed E-state index contributed by atoms with van der Waals surface area (Å²) in [5, 5.41) is 2.97. The Morgan fingerprint density at radius 3 is 2.70 bits per heavy atom. The average Bonchev–Trinajstić information content (AvgIpc) is 3.21. The fraction of sp³-hybridized carbons (Fsp3) is 0.391. The Labute approximate surface area is 175 Å². The van der Waals surface area contributed by atoms with Crippen LogP contribution < -0.4 is 14.8 Å². The molecular formula is C23H25FN2O4. The van der Waals surface area contributed by atoms with Gasteiger partial charge in [0.1, 0.15) is 5.82 Å². The molecule has 2 aliphatic heterocycles. The number of ether oxygens (including phenoxy) is 2. The number of benzene rings is 2. The number of piperidine rings is 1. The summed E-state index contributed by atoms with van der Waals surface area (Å²) >= 11 is 0. The van der Waals surface area contributed by atoms with Crippen LogP contribution in [-0.4, -0.2) is 30.1 Å². The highest BCUT2D eigenvalue weighted by molar-refractivity contribution is 5.81. The highest BCUT2D eigenvalue weighted by Gasteiger charge is 2.34. The van der Waals surface area contributed by atoms with E-state index < -0.39 is 0 Å². The van der Waals surface area contributed by atoms with Crippen molar-refractivity contribution in [2.75, 3.05) is 13.3 Å². The van der Waals surface area contributed by atoms with Gasteiger partial charge in [-0.05, 0) is 54.7 Å². The molecule has 7 heteroatoms. The molecule has 4 rings (SSSR count). The standard InChI is InChI=1S/C23H25FN2O4/c1-14-9-17(4-6-19(14)24)20-7-5-18(12-26(20)15(2)27)23(28)25-11-16-3-8-21-22(10-16)30-13-29-21/h3-4,6,8-10,18,20H,5,7,11-13H2,1-2H3,(H,25,28).